The van der Waals surface area contributed by atoms with E-state index in [1.165, 1.54) is 4.90 Å². The molecule has 0 aliphatic rings. The molecule has 0 saturated heterocycles. The molecule has 0 heterocycles. The molecular formula is C21H26N2O3. The Bertz CT molecular complexity index is 740. The first-order valence-electron chi connectivity index (χ1n) is 8.60. The number of rotatable bonds is 7. The number of ether oxygens (including phenoxy) is 1. The fourth-order valence-electron chi connectivity index (χ4n) is 2.62. The topological polar surface area (TPSA) is 58.6 Å². The Kier molecular flexibility index (Phi) is 6.39. The molecule has 0 unspecified atom stereocenters. The lowest BCUT2D eigenvalue weighted by atomic mass is 9.90. The van der Waals surface area contributed by atoms with Crippen molar-refractivity contribution in [2.75, 3.05) is 25.6 Å². The van der Waals surface area contributed by atoms with Crippen molar-refractivity contribution in [2.24, 2.45) is 5.41 Å². The highest BCUT2D eigenvalue weighted by Gasteiger charge is 2.38. The van der Waals surface area contributed by atoms with Gasteiger partial charge >= 0.3 is 0 Å². The van der Waals surface area contributed by atoms with Crippen LogP contribution in [0.15, 0.2) is 54.6 Å². The molecule has 1 N–H and O–H groups in total. The first kappa shape index (κ1) is 19.5. The Morgan fingerprint density at radius 2 is 1.65 bits per heavy atom. The van der Waals surface area contributed by atoms with Crippen molar-refractivity contribution < 1.29 is 14.3 Å². The van der Waals surface area contributed by atoms with Crippen LogP contribution in [-0.4, -0.2) is 32.5 Å². The number of benzene rings is 2. The molecule has 2 aromatic rings. The first-order valence-corrected chi connectivity index (χ1v) is 8.60. The van der Waals surface area contributed by atoms with Gasteiger partial charge in [0.1, 0.15) is 11.2 Å². The van der Waals surface area contributed by atoms with Crippen LogP contribution in [0.1, 0.15) is 19.4 Å². The van der Waals surface area contributed by atoms with E-state index in [-0.39, 0.29) is 11.8 Å². The van der Waals surface area contributed by atoms with Gasteiger partial charge in [0, 0.05) is 19.3 Å². The number of carbonyl (C=O) groups excluding carboxylic acids is 2. The van der Waals surface area contributed by atoms with Crippen LogP contribution in [0.4, 0.5) is 5.69 Å². The van der Waals surface area contributed by atoms with E-state index in [1.54, 1.807) is 28.0 Å². The molecule has 0 spiro atoms. The van der Waals surface area contributed by atoms with Crippen LogP contribution in [-0.2, 0) is 16.0 Å². The minimum absolute atomic E-state index is 0.245. The summed E-state index contributed by atoms with van der Waals surface area (Å²) in [5.41, 5.74) is 0.707. The predicted octanol–water partition coefficient (Wildman–Crippen LogP) is 3.04. The number of nitrogens with zero attached hydrogens (tertiary/aromatic N) is 1. The van der Waals surface area contributed by atoms with Gasteiger partial charge in [0.25, 0.3) is 0 Å². The molecule has 5 heteroatoms. The van der Waals surface area contributed by atoms with Crippen LogP contribution in [0.25, 0.3) is 0 Å². The quantitative estimate of drug-likeness (QED) is 0.778. The smallest absolute Gasteiger partial charge is 0.241 e. The van der Waals surface area contributed by atoms with Gasteiger partial charge in [-0.1, -0.05) is 30.3 Å². The van der Waals surface area contributed by atoms with E-state index in [1.807, 2.05) is 54.6 Å². The van der Waals surface area contributed by atoms with E-state index in [9.17, 15) is 9.59 Å². The summed E-state index contributed by atoms with van der Waals surface area (Å²) in [7, 11) is 3.31. The molecule has 138 valence electrons. The Labute approximate surface area is 155 Å². The maximum absolute atomic E-state index is 12.8. The van der Waals surface area contributed by atoms with Crippen molar-refractivity contribution in [1.29, 1.82) is 0 Å². The molecule has 0 saturated carbocycles. The number of amides is 2. The molecule has 2 rings (SSSR count). The molecule has 2 aromatic carbocycles. The van der Waals surface area contributed by atoms with E-state index >= 15 is 0 Å². The van der Waals surface area contributed by atoms with E-state index in [2.05, 4.69) is 5.32 Å². The molecule has 0 aliphatic carbocycles. The van der Waals surface area contributed by atoms with Crippen molar-refractivity contribution in [3.05, 3.63) is 60.2 Å². The second kappa shape index (κ2) is 8.52. The molecule has 0 aromatic heterocycles. The fraction of sp³-hybridized carbons (Fsp3) is 0.333. The standard InChI is InChI=1S/C21H26N2O3/c1-21(2,20(25)23(3)17-8-6-5-7-9-17)19(24)22-15-14-16-10-12-18(26-4)13-11-16/h5-13H,14-15H2,1-4H3,(H,22,24). The van der Waals surface area contributed by atoms with Gasteiger partial charge < -0.3 is 15.0 Å². The molecule has 0 radical (unpaired) electrons. The van der Waals surface area contributed by atoms with Crippen molar-refractivity contribution in [3.63, 3.8) is 0 Å². The molecule has 0 bridgehead atoms. The second-order valence-electron chi connectivity index (χ2n) is 6.68. The van der Waals surface area contributed by atoms with Crippen molar-refractivity contribution in [1.82, 2.24) is 5.32 Å². The molecule has 0 fully saturated rings. The number of hydrogen-bond acceptors (Lipinski definition) is 3. The fourth-order valence-corrected chi connectivity index (χ4v) is 2.62. The SMILES string of the molecule is COc1ccc(CCNC(=O)C(C)(C)C(=O)N(C)c2ccccc2)cc1. The predicted molar refractivity (Wildman–Crippen MR) is 103 cm³/mol. The number of carbonyl (C=O) groups is 2. The highest BCUT2D eigenvalue weighted by Crippen LogP contribution is 2.23. The van der Waals surface area contributed by atoms with Crippen molar-refractivity contribution in [2.45, 2.75) is 20.3 Å². The second-order valence-corrected chi connectivity index (χ2v) is 6.68. The lowest BCUT2D eigenvalue weighted by Crippen LogP contribution is -2.49. The van der Waals surface area contributed by atoms with Gasteiger partial charge in [0.15, 0.2) is 0 Å². The van der Waals surface area contributed by atoms with Crippen LogP contribution >= 0.6 is 0 Å². The summed E-state index contributed by atoms with van der Waals surface area (Å²) in [6, 6.07) is 17.0. The van der Waals surface area contributed by atoms with Gasteiger partial charge in [-0.3, -0.25) is 9.59 Å². The van der Waals surface area contributed by atoms with Crippen LogP contribution in [0.5, 0.6) is 5.75 Å². The van der Waals surface area contributed by atoms with Crippen LogP contribution in [0.2, 0.25) is 0 Å². The summed E-state index contributed by atoms with van der Waals surface area (Å²) in [6.45, 7) is 3.77. The summed E-state index contributed by atoms with van der Waals surface area (Å²) in [5.74, 6) is 0.276. The summed E-state index contributed by atoms with van der Waals surface area (Å²) >= 11 is 0. The Morgan fingerprint density at radius 3 is 2.23 bits per heavy atom. The van der Waals surface area contributed by atoms with E-state index in [4.69, 9.17) is 4.74 Å². The normalized spacial score (nSPS) is 10.9. The summed E-state index contributed by atoms with van der Waals surface area (Å²) < 4.78 is 5.13. The number of hydrogen-bond donors (Lipinski definition) is 1. The lowest BCUT2D eigenvalue weighted by molar-refractivity contribution is -0.139. The lowest BCUT2D eigenvalue weighted by Gasteiger charge is -2.28. The number of nitrogens with one attached hydrogen (secondary N) is 1. The third-order valence-electron chi connectivity index (χ3n) is 4.41. The summed E-state index contributed by atoms with van der Waals surface area (Å²) in [4.78, 5) is 26.8. The highest BCUT2D eigenvalue weighted by atomic mass is 16.5. The minimum atomic E-state index is -1.15. The summed E-state index contributed by atoms with van der Waals surface area (Å²) in [6.07, 6.45) is 0.689. The average Bonchev–Trinajstić information content (AvgIpc) is 2.67. The van der Waals surface area contributed by atoms with Crippen LogP contribution in [0, 0.1) is 5.41 Å². The van der Waals surface area contributed by atoms with Gasteiger partial charge in [-0.05, 0) is 50.1 Å². The zero-order valence-electron chi connectivity index (χ0n) is 15.8. The van der Waals surface area contributed by atoms with E-state index < -0.39 is 5.41 Å². The van der Waals surface area contributed by atoms with Gasteiger partial charge in [0.05, 0.1) is 7.11 Å². The average molecular weight is 354 g/mol. The van der Waals surface area contributed by atoms with E-state index in [0.29, 0.717) is 13.0 Å². The summed E-state index contributed by atoms with van der Waals surface area (Å²) in [5, 5.41) is 2.87. The van der Waals surface area contributed by atoms with Crippen molar-refractivity contribution >= 4 is 17.5 Å². The Morgan fingerprint density at radius 1 is 1.04 bits per heavy atom. The minimum Gasteiger partial charge on any atom is -0.497 e. The van der Waals surface area contributed by atoms with Crippen LogP contribution < -0.4 is 15.0 Å². The first-order chi connectivity index (χ1) is 12.4. The largest absolute Gasteiger partial charge is 0.497 e. The third-order valence-corrected chi connectivity index (χ3v) is 4.41. The highest BCUT2D eigenvalue weighted by molar-refractivity contribution is 6.10. The number of para-hydroxylation sites is 1. The van der Waals surface area contributed by atoms with E-state index in [0.717, 1.165) is 17.0 Å². The van der Waals surface area contributed by atoms with Gasteiger partial charge in [-0.2, -0.15) is 0 Å². The third kappa shape index (κ3) is 4.63. The zero-order chi connectivity index (χ0) is 19.2. The Hall–Kier alpha value is -2.82. The molecule has 0 aliphatic heterocycles. The number of methoxy groups -OCH3 is 1. The molecule has 2 amide bonds. The van der Waals surface area contributed by atoms with Gasteiger partial charge in [-0.15, -0.1) is 0 Å². The Balaban J connectivity index is 1.92. The molecule has 26 heavy (non-hydrogen) atoms. The van der Waals surface area contributed by atoms with Crippen molar-refractivity contribution in [3.8, 4) is 5.75 Å². The molecule has 5 nitrogen and oxygen atoms in total. The molecule has 0 atom stereocenters. The van der Waals surface area contributed by atoms with Gasteiger partial charge in [0.2, 0.25) is 11.8 Å². The number of anilines is 1. The molecular weight excluding hydrogens is 328 g/mol. The maximum atomic E-state index is 12.8. The maximum Gasteiger partial charge on any atom is 0.241 e. The van der Waals surface area contributed by atoms with Crippen LogP contribution in [0.3, 0.4) is 0 Å². The monoisotopic (exact) mass is 354 g/mol. The van der Waals surface area contributed by atoms with Gasteiger partial charge in [-0.25, -0.2) is 0 Å². The zero-order valence-corrected chi connectivity index (χ0v) is 15.8.